The normalized spacial score (nSPS) is 13.1. The van der Waals surface area contributed by atoms with Gasteiger partial charge in [-0.1, -0.05) is 46.5 Å². The number of Topliss-reactive ketones (excluding diaryl/α,β-unsaturated/α-hetero) is 1. The Hall–Kier alpha value is -0.370. The molecule has 1 unspecified atom stereocenters. The van der Waals surface area contributed by atoms with Crippen LogP contribution in [-0.4, -0.2) is 17.0 Å². The van der Waals surface area contributed by atoms with Gasteiger partial charge in [-0.15, -0.1) is 0 Å². The lowest BCUT2D eigenvalue weighted by molar-refractivity contribution is -0.121. The summed E-state index contributed by atoms with van der Waals surface area (Å²) in [5.41, 5.74) is 0. The van der Waals surface area contributed by atoms with Gasteiger partial charge in [0.2, 0.25) is 0 Å². The molecule has 0 aromatic carbocycles. The van der Waals surface area contributed by atoms with Gasteiger partial charge < -0.3 is 5.11 Å². The van der Waals surface area contributed by atoms with Gasteiger partial charge in [0.1, 0.15) is 5.78 Å². The SMILES string of the molecule is CCCCCCCC(=O)CC(O)C(C)C. The quantitative estimate of drug-likeness (QED) is 0.598. The van der Waals surface area contributed by atoms with Crippen molar-refractivity contribution in [1.29, 1.82) is 0 Å². The Kier molecular flexibility index (Phi) is 8.68. The summed E-state index contributed by atoms with van der Waals surface area (Å²) in [5.74, 6) is 0.404. The first kappa shape index (κ1) is 14.6. The van der Waals surface area contributed by atoms with Crippen LogP contribution in [0.2, 0.25) is 0 Å². The van der Waals surface area contributed by atoms with E-state index in [2.05, 4.69) is 6.92 Å². The van der Waals surface area contributed by atoms with Crippen molar-refractivity contribution >= 4 is 5.78 Å². The number of aliphatic hydroxyl groups is 1. The average Bonchev–Trinajstić information content (AvgIpc) is 2.17. The molecule has 0 aliphatic carbocycles. The summed E-state index contributed by atoms with van der Waals surface area (Å²) in [6.45, 7) is 6.07. The molecule has 0 amide bonds. The number of carbonyl (C=O) groups excluding carboxylic acids is 1. The van der Waals surface area contributed by atoms with Crippen molar-refractivity contribution in [3.8, 4) is 0 Å². The Morgan fingerprint density at radius 2 is 1.73 bits per heavy atom. The van der Waals surface area contributed by atoms with E-state index < -0.39 is 6.10 Å². The van der Waals surface area contributed by atoms with E-state index >= 15 is 0 Å². The zero-order valence-corrected chi connectivity index (χ0v) is 10.5. The Labute approximate surface area is 94.1 Å². The smallest absolute Gasteiger partial charge is 0.135 e. The predicted molar refractivity (Wildman–Crippen MR) is 63.8 cm³/mol. The average molecular weight is 214 g/mol. The first-order chi connectivity index (χ1) is 7.07. The highest BCUT2D eigenvalue weighted by molar-refractivity contribution is 5.78. The van der Waals surface area contributed by atoms with E-state index in [1.54, 1.807) is 0 Å². The Bertz CT molecular complexity index is 164. The minimum atomic E-state index is -0.451. The Balaban J connectivity index is 3.41. The van der Waals surface area contributed by atoms with Crippen LogP contribution in [-0.2, 0) is 4.79 Å². The van der Waals surface area contributed by atoms with Crippen LogP contribution in [0, 0.1) is 5.92 Å². The molecular formula is C13H26O2. The maximum absolute atomic E-state index is 11.4. The minimum Gasteiger partial charge on any atom is -0.392 e. The topological polar surface area (TPSA) is 37.3 Å². The van der Waals surface area contributed by atoms with Gasteiger partial charge in [-0.2, -0.15) is 0 Å². The fraction of sp³-hybridized carbons (Fsp3) is 0.923. The standard InChI is InChI=1S/C13H26O2/c1-4-5-6-7-8-9-12(14)10-13(15)11(2)3/h11,13,15H,4-10H2,1-3H3. The lowest BCUT2D eigenvalue weighted by atomic mass is 9.99. The fourth-order valence-corrected chi connectivity index (χ4v) is 1.50. The second-order valence-corrected chi connectivity index (χ2v) is 4.72. The highest BCUT2D eigenvalue weighted by Crippen LogP contribution is 2.10. The summed E-state index contributed by atoms with van der Waals surface area (Å²) in [6, 6.07) is 0. The number of rotatable bonds is 9. The van der Waals surface area contributed by atoms with E-state index in [0.717, 1.165) is 12.8 Å². The molecule has 0 aromatic heterocycles. The van der Waals surface area contributed by atoms with Gasteiger partial charge in [0, 0.05) is 12.8 Å². The highest BCUT2D eigenvalue weighted by Gasteiger charge is 2.13. The van der Waals surface area contributed by atoms with Crippen molar-refractivity contribution in [3.05, 3.63) is 0 Å². The molecule has 0 rings (SSSR count). The van der Waals surface area contributed by atoms with Crippen LogP contribution in [0.3, 0.4) is 0 Å². The van der Waals surface area contributed by atoms with Crippen LogP contribution >= 0.6 is 0 Å². The molecule has 0 saturated heterocycles. The molecule has 2 nitrogen and oxygen atoms in total. The first-order valence-electron chi connectivity index (χ1n) is 6.27. The lowest BCUT2D eigenvalue weighted by Crippen LogP contribution is -2.19. The monoisotopic (exact) mass is 214 g/mol. The Morgan fingerprint density at radius 3 is 2.27 bits per heavy atom. The van der Waals surface area contributed by atoms with Gasteiger partial charge in [-0.3, -0.25) is 4.79 Å². The molecule has 0 aliphatic rings. The molecule has 1 N–H and O–H groups in total. The van der Waals surface area contributed by atoms with E-state index in [9.17, 15) is 9.90 Å². The molecule has 90 valence electrons. The fourth-order valence-electron chi connectivity index (χ4n) is 1.50. The van der Waals surface area contributed by atoms with Crippen molar-refractivity contribution in [2.75, 3.05) is 0 Å². The van der Waals surface area contributed by atoms with Gasteiger partial charge >= 0.3 is 0 Å². The predicted octanol–water partition coefficient (Wildman–Crippen LogP) is 3.32. The summed E-state index contributed by atoms with van der Waals surface area (Å²) >= 11 is 0. The number of hydrogen-bond donors (Lipinski definition) is 1. The van der Waals surface area contributed by atoms with Crippen LogP contribution in [0.25, 0.3) is 0 Å². The van der Waals surface area contributed by atoms with Gasteiger partial charge in [-0.25, -0.2) is 0 Å². The third kappa shape index (κ3) is 8.61. The molecule has 0 fully saturated rings. The number of hydrogen-bond acceptors (Lipinski definition) is 2. The third-order valence-corrected chi connectivity index (χ3v) is 2.77. The number of aliphatic hydroxyl groups excluding tert-OH is 1. The molecule has 1 atom stereocenters. The van der Waals surface area contributed by atoms with E-state index in [1.807, 2.05) is 13.8 Å². The van der Waals surface area contributed by atoms with Crippen LogP contribution in [0.15, 0.2) is 0 Å². The maximum atomic E-state index is 11.4. The molecule has 0 heterocycles. The summed E-state index contributed by atoms with van der Waals surface area (Å²) in [4.78, 5) is 11.4. The van der Waals surface area contributed by atoms with Gasteiger partial charge in [0.05, 0.1) is 6.10 Å². The summed E-state index contributed by atoms with van der Waals surface area (Å²) in [7, 11) is 0. The van der Waals surface area contributed by atoms with Crippen LogP contribution in [0.4, 0.5) is 0 Å². The molecule has 0 bridgehead atoms. The van der Waals surface area contributed by atoms with Gasteiger partial charge in [0.25, 0.3) is 0 Å². The lowest BCUT2D eigenvalue weighted by Gasteiger charge is -2.12. The summed E-state index contributed by atoms with van der Waals surface area (Å²) in [5, 5.41) is 9.52. The number of unbranched alkanes of at least 4 members (excludes halogenated alkanes) is 4. The second kappa shape index (κ2) is 8.90. The van der Waals surface area contributed by atoms with Crippen molar-refractivity contribution < 1.29 is 9.90 Å². The molecule has 0 radical (unpaired) electrons. The highest BCUT2D eigenvalue weighted by atomic mass is 16.3. The third-order valence-electron chi connectivity index (χ3n) is 2.77. The maximum Gasteiger partial charge on any atom is 0.135 e. The largest absolute Gasteiger partial charge is 0.392 e. The van der Waals surface area contributed by atoms with Crippen molar-refractivity contribution in [2.24, 2.45) is 5.92 Å². The summed E-state index contributed by atoms with van der Waals surface area (Å²) in [6.07, 6.45) is 6.41. The van der Waals surface area contributed by atoms with E-state index in [-0.39, 0.29) is 11.7 Å². The van der Waals surface area contributed by atoms with E-state index in [1.165, 1.54) is 19.3 Å². The number of ketones is 1. The molecular weight excluding hydrogens is 188 g/mol. The van der Waals surface area contributed by atoms with Gasteiger partial charge in [0.15, 0.2) is 0 Å². The molecule has 2 heteroatoms. The minimum absolute atomic E-state index is 0.189. The van der Waals surface area contributed by atoms with Crippen LogP contribution in [0.5, 0.6) is 0 Å². The first-order valence-corrected chi connectivity index (χ1v) is 6.27. The molecule has 0 saturated carbocycles. The van der Waals surface area contributed by atoms with Crippen molar-refractivity contribution in [3.63, 3.8) is 0 Å². The molecule has 0 spiro atoms. The molecule has 0 aliphatic heterocycles. The van der Waals surface area contributed by atoms with Gasteiger partial charge in [-0.05, 0) is 12.3 Å². The van der Waals surface area contributed by atoms with Crippen LogP contribution in [0.1, 0.15) is 65.7 Å². The Morgan fingerprint density at radius 1 is 1.13 bits per heavy atom. The van der Waals surface area contributed by atoms with Crippen molar-refractivity contribution in [2.45, 2.75) is 71.8 Å². The zero-order valence-electron chi connectivity index (χ0n) is 10.5. The number of carbonyl (C=O) groups is 1. The van der Waals surface area contributed by atoms with E-state index in [0.29, 0.717) is 12.8 Å². The van der Waals surface area contributed by atoms with Crippen molar-refractivity contribution in [1.82, 2.24) is 0 Å². The second-order valence-electron chi connectivity index (χ2n) is 4.72. The molecule has 15 heavy (non-hydrogen) atoms. The summed E-state index contributed by atoms with van der Waals surface area (Å²) < 4.78 is 0. The van der Waals surface area contributed by atoms with Crippen LogP contribution < -0.4 is 0 Å². The molecule has 0 aromatic rings. The zero-order chi connectivity index (χ0) is 11.7. The van der Waals surface area contributed by atoms with E-state index in [4.69, 9.17) is 0 Å².